The van der Waals surface area contributed by atoms with Crippen LogP contribution < -0.4 is 10.1 Å². The molecule has 3 fully saturated rings. The Kier molecular flexibility index (Phi) is 5.33. The van der Waals surface area contributed by atoms with Gasteiger partial charge in [-0.3, -0.25) is 14.5 Å². The zero-order chi connectivity index (χ0) is 26.2. The van der Waals surface area contributed by atoms with E-state index in [1.807, 2.05) is 19.2 Å². The molecule has 1 aromatic heterocycles. The highest BCUT2D eigenvalue weighted by Gasteiger charge is 2.73. The molecule has 5 atom stereocenters. The van der Waals surface area contributed by atoms with Gasteiger partial charge in [-0.05, 0) is 74.8 Å². The van der Waals surface area contributed by atoms with E-state index in [2.05, 4.69) is 16.3 Å². The monoisotopic (exact) mass is 517 g/mol. The fourth-order valence-corrected chi connectivity index (χ4v) is 7.97. The molecule has 2 saturated carbocycles. The second kappa shape index (κ2) is 8.45. The minimum atomic E-state index is -0.953. The summed E-state index contributed by atoms with van der Waals surface area (Å²) in [7, 11) is 1.83. The molecule has 0 unspecified atom stereocenters. The molecule has 2 amide bonds. The van der Waals surface area contributed by atoms with Gasteiger partial charge in [-0.2, -0.15) is 0 Å². The summed E-state index contributed by atoms with van der Waals surface area (Å²) in [5.74, 6) is 1.15. The Morgan fingerprint density at radius 1 is 1.24 bits per heavy atom. The number of carbonyl (C=O) groups excluding carboxylic acids is 2. The quantitative estimate of drug-likeness (QED) is 0.571. The van der Waals surface area contributed by atoms with E-state index in [0.717, 1.165) is 43.0 Å². The Bertz CT molecular complexity index is 1320. The minimum absolute atomic E-state index is 0.0240. The van der Waals surface area contributed by atoms with Gasteiger partial charge < -0.3 is 24.5 Å². The van der Waals surface area contributed by atoms with Crippen LogP contribution in [0.15, 0.2) is 41.2 Å². The SMILES string of the molecule is CC(=O)Nc1ccc2c3c1O[C@H]1[C@H](N(C)C(=O)/C=C/c4ccoc4)CC[C@@]4(O)[C@@H](C2)N(CC2CC2)CC[C@]314. The number of amides is 2. The lowest BCUT2D eigenvalue weighted by molar-refractivity contribution is -0.200. The van der Waals surface area contributed by atoms with Gasteiger partial charge >= 0.3 is 0 Å². The van der Waals surface area contributed by atoms with E-state index >= 15 is 0 Å². The van der Waals surface area contributed by atoms with E-state index < -0.39 is 17.1 Å². The highest BCUT2D eigenvalue weighted by molar-refractivity contribution is 5.92. The number of hydrogen-bond acceptors (Lipinski definition) is 6. The molecule has 0 radical (unpaired) electrons. The average molecular weight is 518 g/mol. The molecule has 2 bridgehead atoms. The van der Waals surface area contributed by atoms with Crippen LogP contribution in [0.25, 0.3) is 6.08 Å². The third kappa shape index (κ3) is 3.35. The zero-order valence-electron chi connectivity index (χ0n) is 22.0. The molecule has 7 rings (SSSR count). The van der Waals surface area contributed by atoms with Crippen LogP contribution in [0.5, 0.6) is 5.75 Å². The van der Waals surface area contributed by atoms with Gasteiger partial charge in [-0.25, -0.2) is 0 Å². The Labute approximate surface area is 222 Å². The van der Waals surface area contributed by atoms with Crippen LogP contribution in [0.3, 0.4) is 0 Å². The lowest BCUT2D eigenvalue weighted by Crippen LogP contribution is -2.78. The molecule has 2 aromatic rings. The molecule has 38 heavy (non-hydrogen) atoms. The summed E-state index contributed by atoms with van der Waals surface area (Å²) in [5.41, 5.74) is 2.15. The van der Waals surface area contributed by atoms with Gasteiger partial charge in [-0.15, -0.1) is 0 Å². The van der Waals surface area contributed by atoms with Crippen molar-refractivity contribution in [2.45, 2.75) is 74.7 Å². The number of piperidine rings is 1. The van der Waals surface area contributed by atoms with Gasteiger partial charge in [0.05, 0.1) is 35.3 Å². The zero-order valence-corrected chi connectivity index (χ0v) is 22.0. The van der Waals surface area contributed by atoms with Crippen molar-refractivity contribution < 1.29 is 23.8 Å². The predicted molar refractivity (Wildman–Crippen MR) is 142 cm³/mol. The number of benzene rings is 1. The van der Waals surface area contributed by atoms with Gasteiger partial charge in [0.15, 0.2) is 0 Å². The Morgan fingerprint density at radius 2 is 2.08 bits per heavy atom. The molecule has 8 heteroatoms. The molecule has 200 valence electrons. The molecule has 3 heterocycles. The van der Waals surface area contributed by atoms with Crippen molar-refractivity contribution in [1.82, 2.24) is 9.80 Å². The molecule has 1 spiro atoms. The van der Waals surface area contributed by atoms with Gasteiger partial charge in [0, 0.05) is 43.8 Å². The number of furan rings is 1. The molecule has 2 aliphatic heterocycles. The standard InChI is InChI=1S/C30H35N3O5/c1-18(34)31-22-7-6-21-15-24-30(36)11-9-23(32(2)25(35)8-5-20-10-14-37-17-20)28-29(30,26(21)27(22)38-28)12-13-33(24)16-19-3-4-19/h5-8,10,14,17,19,23-24,28,36H,3-4,9,11-13,15-16H2,1-2H3,(H,31,34)/b8-5+/t23-,24-,28+,29+,30-/m1/s1. The number of carbonyl (C=O) groups is 2. The van der Waals surface area contributed by atoms with Crippen molar-refractivity contribution in [3.63, 3.8) is 0 Å². The predicted octanol–water partition coefficient (Wildman–Crippen LogP) is 3.34. The first kappa shape index (κ1) is 24.0. The summed E-state index contributed by atoms with van der Waals surface area (Å²) >= 11 is 0. The van der Waals surface area contributed by atoms with Crippen LogP contribution in [0.4, 0.5) is 5.69 Å². The van der Waals surface area contributed by atoms with E-state index in [1.165, 1.54) is 25.3 Å². The molecule has 1 saturated heterocycles. The first-order valence-corrected chi connectivity index (χ1v) is 13.9. The maximum absolute atomic E-state index is 13.3. The fraction of sp³-hybridized carbons (Fsp3) is 0.533. The molecule has 3 aliphatic carbocycles. The van der Waals surface area contributed by atoms with Crippen molar-refractivity contribution in [3.8, 4) is 5.75 Å². The lowest BCUT2D eigenvalue weighted by atomic mass is 9.48. The molecule has 1 aromatic carbocycles. The molecular weight excluding hydrogens is 482 g/mol. The van der Waals surface area contributed by atoms with Crippen LogP contribution in [0.1, 0.15) is 55.7 Å². The number of likely N-dealkylation sites (tertiary alicyclic amines) is 1. The van der Waals surface area contributed by atoms with E-state index in [1.54, 1.807) is 29.6 Å². The van der Waals surface area contributed by atoms with Gasteiger partial charge in [0.25, 0.3) is 0 Å². The lowest BCUT2D eigenvalue weighted by Gasteiger charge is -2.64. The average Bonchev–Trinajstić information content (AvgIpc) is 3.40. The number of anilines is 1. The van der Waals surface area contributed by atoms with Crippen LogP contribution in [0, 0.1) is 5.92 Å². The van der Waals surface area contributed by atoms with Crippen molar-refractivity contribution in [2.24, 2.45) is 5.92 Å². The molecule has 5 aliphatic rings. The third-order valence-corrected chi connectivity index (χ3v) is 9.87. The summed E-state index contributed by atoms with van der Waals surface area (Å²) in [6, 6.07) is 5.67. The van der Waals surface area contributed by atoms with Crippen molar-refractivity contribution in [1.29, 1.82) is 0 Å². The van der Waals surface area contributed by atoms with E-state index in [4.69, 9.17) is 9.15 Å². The number of likely N-dealkylation sites (N-methyl/N-ethyl adjacent to an activating group) is 1. The second-order valence-electron chi connectivity index (χ2n) is 11.9. The molecule has 8 nitrogen and oxygen atoms in total. The van der Waals surface area contributed by atoms with Crippen molar-refractivity contribution in [2.75, 3.05) is 25.5 Å². The van der Waals surface area contributed by atoms with Crippen LogP contribution in [-0.4, -0.2) is 70.6 Å². The van der Waals surface area contributed by atoms with Crippen LogP contribution in [-0.2, 0) is 21.4 Å². The van der Waals surface area contributed by atoms with Gasteiger partial charge in [0.1, 0.15) is 11.9 Å². The molecule has 2 N–H and O–H groups in total. The maximum atomic E-state index is 13.3. The largest absolute Gasteiger partial charge is 0.485 e. The summed E-state index contributed by atoms with van der Waals surface area (Å²) in [6.45, 7) is 3.44. The summed E-state index contributed by atoms with van der Waals surface area (Å²) in [6.07, 6.45) is 11.5. The topological polar surface area (TPSA) is 95.2 Å². The van der Waals surface area contributed by atoms with Gasteiger partial charge in [0.2, 0.25) is 11.8 Å². The number of hydrogen-bond donors (Lipinski definition) is 2. The maximum Gasteiger partial charge on any atom is 0.246 e. The van der Waals surface area contributed by atoms with Crippen LogP contribution >= 0.6 is 0 Å². The highest BCUT2D eigenvalue weighted by Crippen LogP contribution is 2.65. The number of aliphatic hydroxyl groups is 1. The summed E-state index contributed by atoms with van der Waals surface area (Å²) in [5, 5.41) is 15.7. The first-order valence-electron chi connectivity index (χ1n) is 13.9. The van der Waals surface area contributed by atoms with Crippen LogP contribution in [0.2, 0.25) is 0 Å². The fourth-order valence-electron chi connectivity index (χ4n) is 7.97. The minimum Gasteiger partial charge on any atom is -0.485 e. The smallest absolute Gasteiger partial charge is 0.246 e. The molecular formula is C30H35N3O5. The van der Waals surface area contributed by atoms with E-state index in [0.29, 0.717) is 24.3 Å². The van der Waals surface area contributed by atoms with E-state index in [9.17, 15) is 14.7 Å². The Balaban J connectivity index is 1.30. The van der Waals surface area contributed by atoms with Crippen molar-refractivity contribution >= 4 is 23.6 Å². The summed E-state index contributed by atoms with van der Waals surface area (Å²) in [4.78, 5) is 29.7. The van der Waals surface area contributed by atoms with Gasteiger partial charge in [-0.1, -0.05) is 6.07 Å². The number of rotatable bonds is 6. The van der Waals surface area contributed by atoms with Crippen molar-refractivity contribution in [3.05, 3.63) is 53.5 Å². The number of ether oxygens (including phenoxy) is 1. The number of nitrogens with one attached hydrogen (secondary N) is 1. The third-order valence-electron chi connectivity index (χ3n) is 9.87. The number of nitrogens with zero attached hydrogens (tertiary/aromatic N) is 2. The van der Waals surface area contributed by atoms with E-state index in [-0.39, 0.29) is 23.9 Å². The summed E-state index contributed by atoms with van der Waals surface area (Å²) < 4.78 is 11.9. The normalized spacial score (nSPS) is 33.1. The second-order valence-corrected chi connectivity index (χ2v) is 11.9. The highest BCUT2D eigenvalue weighted by atomic mass is 16.5. The first-order chi connectivity index (χ1) is 18.3. The Hall–Kier alpha value is -3.10. The Morgan fingerprint density at radius 3 is 2.82 bits per heavy atom.